The lowest BCUT2D eigenvalue weighted by Crippen LogP contribution is -2.17. The Bertz CT molecular complexity index is 1940. The molecule has 0 atom stereocenters. The topological polar surface area (TPSA) is 113 Å². The minimum absolute atomic E-state index is 0. The quantitative estimate of drug-likeness (QED) is 0.210. The minimum atomic E-state index is -1.09. The third-order valence-electron chi connectivity index (χ3n) is 4.29. The fraction of sp³-hybridized carbons (Fsp3) is 0.0588. The number of carbonyl (C=O) groups is 4. The second-order valence-corrected chi connectivity index (χ2v) is 7.19. The SMILES string of the molecule is CC#CC#CC#CC#CC#CC#CC#CC#CC(=O)Nc1cccc(C(=O)CC(=O)Nc2ccc(C(=O)O)cc2)c1.[HH].[HH].[HH].[HH].[HH].[HH].[HH].[HH].[HH].[HH].[HH].[HH].[HH].[HH].[HH].[HH]. The molecule has 0 saturated heterocycles. The van der Waals surface area contributed by atoms with Crippen molar-refractivity contribution < 1.29 is 47.1 Å². The van der Waals surface area contributed by atoms with Gasteiger partial charge < -0.3 is 15.7 Å². The van der Waals surface area contributed by atoms with E-state index in [1.54, 1.807) is 19.1 Å². The highest BCUT2D eigenvalue weighted by atomic mass is 16.4. The molecule has 7 heteroatoms. The number of hydrogen-bond donors (Lipinski definition) is 3. The molecule has 7 nitrogen and oxygen atoms in total. The summed E-state index contributed by atoms with van der Waals surface area (Å²) in [6, 6.07) is 11.5. The Kier molecular flexibility index (Phi) is 12.9. The van der Waals surface area contributed by atoms with Gasteiger partial charge >= 0.3 is 11.9 Å². The van der Waals surface area contributed by atoms with Gasteiger partial charge in [-0.3, -0.25) is 14.4 Å². The average molecular weight is 565 g/mol. The molecule has 0 radical (unpaired) electrons. The molecule has 0 saturated carbocycles. The number of anilines is 2. The van der Waals surface area contributed by atoms with E-state index in [0.29, 0.717) is 11.4 Å². The lowest BCUT2D eigenvalue weighted by atomic mass is 10.1. The van der Waals surface area contributed by atoms with E-state index >= 15 is 0 Å². The van der Waals surface area contributed by atoms with Gasteiger partial charge in [0.1, 0.15) is 0 Å². The largest absolute Gasteiger partial charge is 0.478 e. The van der Waals surface area contributed by atoms with E-state index in [9.17, 15) is 19.2 Å². The van der Waals surface area contributed by atoms with E-state index in [1.165, 1.54) is 36.4 Å². The number of Topliss-reactive ketones (excluding diaryl/α,β-unsaturated/α-hetero) is 1. The Balaban J connectivity index is -0.0000000848. The van der Waals surface area contributed by atoms with Gasteiger partial charge in [0.2, 0.25) is 5.91 Å². The van der Waals surface area contributed by atoms with Gasteiger partial charge in [0, 0.05) is 45.7 Å². The molecule has 2 amide bonds. The lowest BCUT2D eigenvalue weighted by molar-refractivity contribution is -0.115. The second-order valence-electron chi connectivity index (χ2n) is 7.19. The van der Waals surface area contributed by atoms with E-state index in [0.717, 1.165) is 0 Å². The molecule has 2 aromatic carbocycles. The predicted molar refractivity (Wildman–Crippen MR) is 188 cm³/mol. The molecule has 0 heterocycles. The van der Waals surface area contributed by atoms with Crippen LogP contribution in [0.4, 0.5) is 11.4 Å². The molecule has 2 aromatic rings. The van der Waals surface area contributed by atoms with E-state index in [4.69, 9.17) is 5.11 Å². The molecule has 0 aliphatic carbocycles. The maximum atomic E-state index is 12.5. The van der Waals surface area contributed by atoms with Crippen LogP contribution in [0.2, 0.25) is 0 Å². The second kappa shape index (κ2) is 17.5. The van der Waals surface area contributed by atoms with Crippen molar-refractivity contribution in [3.05, 3.63) is 59.7 Å². The fourth-order valence-electron chi connectivity index (χ4n) is 2.61. The van der Waals surface area contributed by atoms with Crippen molar-refractivity contribution in [2.24, 2.45) is 0 Å². The van der Waals surface area contributed by atoms with Crippen LogP contribution in [0.5, 0.6) is 0 Å². The third-order valence-corrected chi connectivity index (χ3v) is 4.29. The predicted octanol–water partition coefficient (Wildman–Crippen LogP) is 6.52. The summed E-state index contributed by atoms with van der Waals surface area (Å²) < 4.78 is 0. The number of rotatable bonds is 6. The number of ketones is 1. The molecule has 0 spiro atoms. The van der Waals surface area contributed by atoms with Gasteiger partial charge in [-0.15, -0.1) is 0 Å². The first-order valence-electron chi connectivity index (χ1n) is 11.4. The molecule has 41 heavy (non-hydrogen) atoms. The first kappa shape index (κ1) is 30.2. The highest BCUT2D eigenvalue weighted by molar-refractivity contribution is 6.12. The van der Waals surface area contributed by atoms with Gasteiger partial charge in [-0.05, 0) is 126 Å². The zero-order chi connectivity index (χ0) is 29.7. The number of hydrogen-bond acceptors (Lipinski definition) is 4. The molecule has 0 aliphatic heterocycles. The van der Waals surface area contributed by atoms with Crippen LogP contribution in [0.25, 0.3) is 0 Å². The van der Waals surface area contributed by atoms with E-state index < -0.39 is 30.0 Å². The Labute approximate surface area is 261 Å². The molecule has 0 aromatic heterocycles. The zero-order valence-corrected chi connectivity index (χ0v) is 21.4. The Morgan fingerprint density at radius 1 is 0.659 bits per heavy atom. The molecule has 0 fully saturated rings. The molecule has 224 valence electrons. The van der Waals surface area contributed by atoms with Crippen LogP contribution in [-0.4, -0.2) is 28.7 Å². The standard InChI is InChI=1S/C34H16N2O5.16H2/c1-2-3-4-5-6-7-8-9-10-11-12-13-14-15-16-20-32(38)36-30-19-17-18-28(25-30)31(37)26-33(39)35-29-23-21-27(22-24-29)34(40)41;;;;;;;;;;;;;;;;/h17-19,21-25H,26H2,1H3,(H,35,39)(H,36,38)(H,40,41);16*1H. The van der Waals surface area contributed by atoms with Crippen LogP contribution in [0.15, 0.2) is 48.5 Å². The van der Waals surface area contributed by atoms with Crippen molar-refractivity contribution in [2.75, 3.05) is 10.6 Å². The Morgan fingerprint density at radius 3 is 1.73 bits per heavy atom. The highest BCUT2D eigenvalue weighted by Crippen LogP contribution is 2.14. The summed E-state index contributed by atoms with van der Waals surface area (Å²) in [6.45, 7) is 1.67. The third kappa shape index (κ3) is 12.7. The monoisotopic (exact) mass is 564 g/mol. The van der Waals surface area contributed by atoms with Gasteiger partial charge in [0.25, 0.3) is 0 Å². The molecular formula is C34H48N2O5. The number of nitrogens with one attached hydrogen (secondary N) is 2. The Morgan fingerprint density at radius 2 is 1.20 bits per heavy atom. The summed E-state index contributed by atoms with van der Waals surface area (Å²) in [5, 5.41) is 14.0. The summed E-state index contributed by atoms with van der Waals surface area (Å²) in [4.78, 5) is 47.7. The van der Waals surface area contributed by atoms with E-state index in [1.807, 2.05) is 0 Å². The number of benzene rings is 2. The van der Waals surface area contributed by atoms with Crippen molar-refractivity contribution in [2.45, 2.75) is 13.3 Å². The highest BCUT2D eigenvalue weighted by Gasteiger charge is 2.13. The first-order valence-corrected chi connectivity index (χ1v) is 11.4. The maximum Gasteiger partial charge on any atom is 0.335 e. The van der Waals surface area contributed by atoms with Gasteiger partial charge in [-0.2, -0.15) is 0 Å². The first-order chi connectivity index (χ1) is 19.9. The van der Waals surface area contributed by atoms with Gasteiger partial charge in [0.15, 0.2) is 5.78 Å². The molecule has 2 rings (SSSR count). The summed E-state index contributed by atoms with van der Waals surface area (Å²) in [5.74, 6) is 36.5. The number of amides is 2. The number of carboxylic acids is 1. The minimum Gasteiger partial charge on any atom is -0.478 e. The van der Waals surface area contributed by atoms with Crippen molar-refractivity contribution in [3.63, 3.8) is 0 Å². The van der Waals surface area contributed by atoms with Crippen LogP contribution >= 0.6 is 0 Å². The summed E-state index contributed by atoms with van der Waals surface area (Å²) >= 11 is 0. The summed E-state index contributed by atoms with van der Waals surface area (Å²) in [6.07, 6.45) is -0.454. The summed E-state index contributed by atoms with van der Waals surface area (Å²) in [5.41, 5.74) is 0.926. The van der Waals surface area contributed by atoms with Gasteiger partial charge in [0.05, 0.1) is 12.0 Å². The normalized spacial score (nSPS) is 7.63. The zero-order valence-electron chi connectivity index (χ0n) is 21.4. The van der Waals surface area contributed by atoms with E-state index in [-0.39, 0.29) is 34.0 Å². The number of carboxylic acid groups (broad SMARTS) is 1. The number of carbonyl (C=O) groups excluding carboxylic acids is 3. The lowest BCUT2D eigenvalue weighted by Gasteiger charge is -2.07. The average Bonchev–Trinajstić information content (AvgIpc) is 2.95. The van der Waals surface area contributed by atoms with Crippen LogP contribution < -0.4 is 10.6 Å². The van der Waals surface area contributed by atoms with Gasteiger partial charge in [-0.1, -0.05) is 18.1 Å². The van der Waals surface area contributed by atoms with Crippen LogP contribution in [0.1, 0.15) is 56.9 Å². The van der Waals surface area contributed by atoms with Crippen LogP contribution in [0.3, 0.4) is 0 Å². The van der Waals surface area contributed by atoms with Crippen LogP contribution in [-0.2, 0) is 9.59 Å². The molecule has 0 bridgehead atoms. The van der Waals surface area contributed by atoms with Crippen molar-refractivity contribution in [3.8, 4) is 94.7 Å². The number of aromatic carboxylic acids is 1. The smallest absolute Gasteiger partial charge is 0.335 e. The summed E-state index contributed by atoms with van der Waals surface area (Å²) in [7, 11) is 0. The maximum absolute atomic E-state index is 12.5. The van der Waals surface area contributed by atoms with Crippen molar-refractivity contribution in [1.29, 1.82) is 0 Å². The van der Waals surface area contributed by atoms with Gasteiger partial charge in [-0.25, -0.2) is 4.79 Å². The Hall–Kier alpha value is -7.00. The molecule has 0 unspecified atom stereocenters. The van der Waals surface area contributed by atoms with Crippen molar-refractivity contribution in [1.82, 2.24) is 0 Å². The molecular weight excluding hydrogens is 516 g/mol. The molecule has 3 N–H and O–H groups in total. The fourth-order valence-corrected chi connectivity index (χ4v) is 2.61. The van der Waals surface area contributed by atoms with E-state index in [2.05, 4.69) is 105 Å². The van der Waals surface area contributed by atoms with Crippen molar-refractivity contribution >= 4 is 34.9 Å². The molecule has 0 aliphatic rings. The van der Waals surface area contributed by atoms with Crippen LogP contribution in [0, 0.1) is 94.7 Å².